The van der Waals surface area contributed by atoms with E-state index in [9.17, 15) is 9.59 Å². The molecule has 0 heterocycles. The van der Waals surface area contributed by atoms with E-state index in [4.69, 9.17) is 14.9 Å². The number of aliphatic hydroxyl groups is 1. The van der Waals surface area contributed by atoms with E-state index >= 15 is 0 Å². The number of ether oxygens (including phenoxy) is 1. The quantitative estimate of drug-likeness (QED) is 0.199. The topological polar surface area (TPSA) is 83.8 Å². The molecular weight excluding hydrogens is 272 g/mol. The molecule has 0 aliphatic heterocycles. The first kappa shape index (κ1) is 19.2. The lowest BCUT2D eigenvalue weighted by molar-refractivity contribution is -0.139. The molecular formula is C16H26O5. The largest absolute Gasteiger partial charge is 0.502 e. The highest BCUT2D eigenvalue weighted by Gasteiger charge is 2.10. The van der Waals surface area contributed by atoms with Gasteiger partial charge in [0.15, 0.2) is 0 Å². The number of aliphatic hydroxyl groups excluding tert-OH is 1. The fraction of sp³-hybridized carbons (Fsp3) is 0.625. The van der Waals surface area contributed by atoms with Crippen molar-refractivity contribution >= 4 is 11.9 Å². The van der Waals surface area contributed by atoms with Crippen LogP contribution in [0.25, 0.3) is 0 Å². The first-order valence-corrected chi connectivity index (χ1v) is 7.53. The number of carboxylic acids is 1. The number of carboxylic acid groups (broad SMARTS) is 1. The molecule has 0 radical (unpaired) electrons. The number of carbonyl (C=O) groups excluding carboxylic acids is 1. The number of unbranched alkanes of at least 4 members (excludes halogenated alkanes) is 5. The zero-order valence-corrected chi connectivity index (χ0v) is 12.9. The molecule has 0 spiro atoms. The van der Waals surface area contributed by atoms with Crippen LogP contribution in [0.2, 0.25) is 0 Å². The summed E-state index contributed by atoms with van der Waals surface area (Å²) in [6.07, 6.45) is 9.45. The monoisotopic (exact) mass is 298 g/mol. The molecule has 0 saturated carbocycles. The van der Waals surface area contributed by atoms with Crippen molar-refractivity contribution in [2.45, 2.75) is 58.8 Å². The molecule has 0 amide bonds. The van der Waals surface area contributed by atoms with Crippen LogP contribution in [-0.4, -0.2) is 28.8 Å². The number of allylic oxidation sites excluding steroid dienone is 2. The van der Waals surface area contributed by atoms with Gasteiger partial charge in [-0.15, -0.1) is 0 Å². The third-order valence-electron chi connectivity index (χ3n) is 3.00. The minimum Gasteiger partial charge on any atom is -0.502 e. The van der Waals surface area contributed by atoms with Crippen LogP contribution in [0.4, 0.5) is 0 Å². The van der Waals surface area contributed by atoms with E-state index in [1.807, 2.05) is 0 Å². The second-order valence-electron chi connectivity index (χ2n) is 4.79. The van der Waals surface area contributed by atoms with Crippen molar-refractivity contribution in [1.82, 2.24) is 0 Å². The third-order valence-corrected chi connectivity index (χ3v) is 3.00. The SMILES string of the molecule is CCCCCCCC/C(=C/C=C(\O)C(=O)O)C(=O)OCC. The fourth-order valence-corrected chi connectivity index (χ4v) is 1.82. The van der Waals surface area contributed by atoms with Crippen LogP contribution in [0.15, 0.2) is 23.5 Å². The molecule has 0 unspecified atom stereocenters. The van der Waals surface area contributed by atoms with Gasteiger partial charge in [-0.25, -0.2) is 9.59 Å². The molecule has 0 aliphatic rings. The molecule has 0 aromatic rings. The lowest BCUT2D eigenvalue weighted by Gasteiger charge is -2.06. The lowest BCUT2D eigenvalue weighted by Crippen LogP contribution is -2.08. The molecule has 0 atom stereocenters. The van der Waals surface area contributed by atoms with Crippen molar-refractivity contribution in [2.24, 2.45) is 0 Å². The van der Waals surface area contributed by atoms with Gasteiger partial charge in [-0.1, -0.05) is 39.0 Å². The molecule has 0 bridgehead atoms. The molecule has 120 valence electrons. The molecule has 0 aliphatic carbocycles. The van der Waals surface area contributed by atoms with Crippen molar-refractivity contribution in [3.05, 3.63) is 23.5 Å². The molecule has 5 nitrogen and oxygen atoms in total. The Morgan fingerprint density at radius 1 is 0.952 bits per heavy atom. The van der Waals surface area contributed by atoms with E-state index in [0.717, 1.165) is 25.3 Å². The highest BCUT2D eigenvalue weighted by Crippen LogP contribution is 2.14. The maximum Gasteiger partial charge on any atom is 0.370 e. The van der Waals surface area contributed by atoms with Crippen molar-refractivity contribution in [2.75, 3.05) is 6.61 Å². The van der Waals surface area contributed by atoms with Gasteiger partial charge in [0.1, 0.15) is 0 Å². The predicted molar refractivity (Wildman–Crippen MR) is 81.1 cm³/mol. The Kier molecular flexibility index (Phi) is 11.0. The first-order chi connectivity index (χ1) is 10.0. The van der Waals surface area contributed by atoms with E-state index in [0.29, 0.717) is 12.0 Å². The van der Waals surface area contributed by atoms with Crippen molar-refractivity contribution in [1.29, 1.82) is 0 Å². The number of aliphatic carboxylic acids is 1. The van der Waals surface area contributed by atoms with Gasteiger partial charge in [0, 0.05) is 5.57 Å². The Bertz CT molecular complexity index is 382. The number of hydrogen-bond acceptors (Lipinski definition) is 4. The maximum atomic E-state index is 11.7. The molecule has 0 fully saturated rings. The van der Waals surface area contributed by atoms with Gasteiger partial charge in [0.2, 0.25) is 5.76 Å². The highest BCUT2D eigenvalue weighted by atomic mass is 16.5. The van der Waals surface area contributed by atoms with Gasteiger partial charge in [0.05, 0.1) is 6.61 Å². The second kappa shape index (κ2) is 12.0. The van der Waals surface area contributed by atoms with Crippen LogP contribution in [0, 0.1) is 0 Å². The predicted octanol–water partition coefficient (Wildman–Crippen LogP) is 3.75. The minimum absolute atomic E-state index is 0.265. The summed E-state index contributed by atoms with van der Waals surface area (Å²) in [4.78, 5) is 22.2. The summed E-state index contributed by atoms with van der Waals surface area (Å²) in [6, 6.07) is 0. The average molecular weight is 298 g/mol. The molecule has 0 aromatic heterocycles. The first-order valence-electron chi connectivity index (χ1n) is 7.53. The van der Waals surface area contributed by atoms with Crippen LogP contribution in [0.1, 0.15) is 58.8 Å². The maximum absolute atomic E-state index is 11.7. The zero-order valence-electron chi connectivity index (χ0n) is 12.9. The average Bonchev–Trinajstić information content (AvgIpc) is 2.45. The summed E-state index contributed by atoms with van der Waals surface area (Å²) < 4.78 is 4.93. The standard InChI is InChI=1S/C16H26O5/c1-3-5-6-7-8-9-10-13(16(20)21-4-2)11-12-14(17)15(18)19/h11-12,17H,3-10H2,1-2H3,(H,18,19)/b13-11-,14-12-. The Labute approximate surface area is 126 Å². The molecule has 5 heteroatoms. The van der Waals surface area contributed by atoms with Crippen LogP contribution >= 0.6 is 0 Å². The van der Waals surface area contributed by atoms with E-state index in [1.165, 1.54) is 25.3 Å². The van der Waals surface area contributed by atoms with Crippen LogP contribution in [0.5, 0.6) is 0 Å². The summed E-state index contributed by atoms with van der Waals surface area (Å²) in [6.45, 7) is 4.13. The Balaban J connectivity index is 4.47. The van der Waals surface area contributed by atoms with E-state index in [1.54, 1.807) is 6.92 Å². The lowest BCUT2D eigenvalue weighted by atomic mass is 10.0. The van der Waals surface area contributed by atoms with Gasteiger partial charge in [-0.05, 0) is 31.9 Å². The Morgan fingerprint density at radius 2 is 1.57 bits per heavy atom. The zero-order chi connectivity index (χ0) is 16.1. The summed E-state index contributed by atoms with van der Waals surface area (Å²) >= 11 is 0. The number of carbonyl (C=O) groups is 2. The summed E-state index contributed by atoms with van der Waals surface area (Å²) in [5, 5.41) is 17.7. The number of esters is 1. The summed E-state index contributed by atoms with van der Waals surface area (Å²) in [5.41, 5.74) is 0.389. The molecule has 2 N–H and O–H groups in total. The van der Waals surface area contributed by atoms with Crippen LogP contribution in [-0.2, 0) is 14.3 Å². The van der Waals surface area contributed by atoms with Crippen LogP contribution < -0.4 is 0 Å². The minimum atomic E-state index is -1.42. The summed E-state index contributed by atoms with van der Waals surface area (Å²) in [7, 11) is 0. The highest BCUT2D eigenvalue weighted by molar-refractivity contribution is 5.89. The smallest absolute Gasteiger partial charge is 0.370 e. The second-order valence-corrected chi connectivity index (χ2v) is 4.79. The summed E-state index contributed by atoms with van der Waals surface area (Å²) in [5.74, 6) is -2.67. The fourth-order valence-electron chi connectivity index (χ4n) is 1.82. The van der Waals surface area contributed by atoms with Crippen molar-refractivity contribution in [3.8, 4) is 0 Å². The number of rotatable bonds is 11. The van der Waals surface area contributed by atoms with E-state index in [2.05, 4.69) is 6.92 Å². The molecule has 21 heavy (non-hydrogen) atoms. The van der Waals surface area contributed by atoms with Gasteiger partial charge in [-0.3, -0.25) is 0 Å². The van der Waals surface area contributed by atoms with Gasteiger partial charge in [0.25, 0.3) is 0 Å². The normalized spacial score (nSPS) is 12.3. The van der Waals surface area contributed by atoms with Gasteiger partial charge in [-0.2, -0.15) is 0 Å². The van der Waals surface area contributed by atoms with Crippen molar-refractivity contribution in [3.63, 3.8) is 0 Å². The molecule has 0 rings (SSSR count). The third kappa shape index (κ3) is 9.71. The number of hydrogen-bond donors (Lipinski definition) is 2. The van der Waals surface area contributed by atoms with Gasteiger partial charge < -0.3 is 14.9 Å². The molecule has 0 aromatic carbocycles. The van der Waals surface area contributed by atoms with Crippen LogP contribution in [0.3, 0.4) is 0 Å². The van der Waals surface area contributed by atoms with E-state index in [-0.39, 0.29) is 6.61 Å². The van der Waals surface area contributed by atoms with Gasteiger partial charge >= 0.3 is 11.9 Å². The van der Waals surface area contributed by atoms with E-state index < -0.39 is 17.7 Å². The molecule has 0 saturated heterocycles. The van der Waals surface area contributed by atoms with Crippen molar-refractivity contribution < 1.29 is 24.5 Å². The Hall–Kier alpha value is -1.78. The Morgan fingerprint density at radius 3 is 2.14 bits per heavy atom.